The summed E-state index contributed by atoms with van der Waals surface area (Å²) in [6.07, 6.45) is -0.489. The van der Waals surface area contributed by atoms with E-state index in [2.05, 4.69) is 10.6 Å². The topological polar surface area (TPSA) is 50.4 Å². The van der Waals surface area contributed by atoms with Crippen molar-refractivity contribution >= 4 is 23.4 Å². The predicted molar refractivity (Wildman–Crippen MR) is 78.7 cm³/mol. The molecule has 112 valence electrons. The van der Waals surface area contributed by atoms with Crippen molar-refractivity contribution in [1.82, 2.24) is 5.32 Å². The summed E-state index contributed by atoms with van der Waals surface area (Å²) in [5, 5.41) is 6.09. The molecule has 1 aromatic rings. The molecule has 0 aromatic heterocycles. The lowest BCUT2D eigenvalue weighted by Gasteiger charge is -2.21. The first-order chi connectivity index (χ1) is 9.17. The van der Waals surface area contributed by atoms with Crippen LogP contribution < -0.4 is 10.6 Å². The number of rotatable bonds is 4. The second-order valence-corrected chi connectivity index (χ2v) is 5.96. The van der Waals surface area contributed by atoms with Crippen molar-refractivity contribution in [2.45, 2.75) is 39.3 Å². The molecule has 0 bridgehead atoms. The Bertz CT molecular complexity index is 475. The Morgan fingerprint density at radius 2 is 2.10 bits per heavy atom. The smallest absolute Gasteiger partial charge is 0.407 e. The molecule has 0 aliphatic heterocycles. The fourth-order valence-corrected chi connectivity index (χ4v) is 1.65. The van der Waals surface area contributed by atoms with E-state index in [1.54, 1.807) is 20.8 Å². The van der Waals surface area contributed by atoms with Gasteiger partial charge in [-0.1, -0.05) is 11.6 Å². The van der Waals surface area contributed by atoms with Gasteiger partial charge < -0.3 is 15.4 Å². The average molecular weight is 303 g/mol. The van der Waals surface area contributed by atoms with Crippen LogP contribution in [0, 0.1) is 5.82 Å². The number of hydrogen-bond acceptors (Lipinski definition) is 3. The van der Waals surface area contributed by atoms with Crippen molar-refractivity contribution in [2.75, 3.05) is 11.9 Å². The zero-order valence-corrected chi connectivity index (χ0v) is 12.8. The van der Waals surface area contributed by atoms with E-state index < -0.39 is 11.7 Å². The zero-order valence-electron chi connectivity index (χ0n) is 12.1. The van der Waals surface area contributed by atoms with Crippen molar-refractivity contribution in [3.05, 3.63) is 29.0 Å². The van der Waals surface area contributed by atoms with Gasteiger partial charge in [0.1, 0.15) is 11.4 Å². The monoisotopic (exact) mass is 302 g/mol. The molecule has 0 saturated heterocycles. The molecule has 0 heterocycles. The Labute approximate surface area is 123 Å². The van der Waals surface area contributed by atoms with Gasteiger partial charge in [0.15, 0.2) is 0 Å². The summed E-state index contributed by atoms with van der Waals surface area (Å²) in [6.45, 7) is 7.56. The first kappa shape index (κ1) is 16.6. The number of carbonyl (C=O) groups excluding carboxylic acids is 1. The van der Waals surface area contributed by atoms with Crippen molar-refractivity contribution in [1.29, 1.82) is 0 Å². The molecule has 0 spiro atoms. The Morgan fingerprint density at radius 1 is 1.45 bits per heavy atom. The first-order valence-corrected chi connectivity index (χ1v) is 6.73. The first-order valence-electron chi connectivity index (χ1n) is 6.36. The van der Waals surface area contributed by atoms with Crippen LogP contribution in [0.3, 0.4) is 0 Å². The third-order valence-electron chi connectivity index (χ3n) is 2.28. The Kier molecular flexibility index (Phi) is 5.62. The third-order valence-corrected chi connectivity index (χ3v) is 2.61. The second-order valence-electron chi connectivity index (χ2n) is 5.55. The van der Waals surface area contributed by atoms with E-state index in [-0.39, 0.29) is 11.9 Å². The Hall–Kier alpha value is -1.49. The number of alkyl carbamates (subject to hydrolysis) is 1. The number of anilines is 1. The lowest BCUT2D eigenvalue weighted by molar-refractivity contribution is 0.0526. The molecular formula is C14H20ClFN2O2. The minimum Gasteiger partial charge on any atom is -0.444 e. The fourth-order valence-electron chi connectivity index (χ4n) is 1.48. The molecule has 4 nitrogen and oxygen atoms in total. The lowest BCUT2D eigenvalue weighted by atomic mass is 10.2. The van der Waals surface area contributed by atoms with Gasteiger partial charge in [0.25, 0.3) is 0 Å². The molecular weight excluding hydrogens is 283 g/mol. The van der Waals surface area contributed by atoms with E-state index in [1.165, 1.54) is 18.2 Å². The minimum atomic E-state index is -0.535. The number of hydrogen-bond donors (Lipinski definition) is 2. The van der Waals surface area contributed by atoms with Gasteiger partial charge in [0.05, 0.1) is 10.7 Å². The summed E-state index contributed by atoms with van der Waals surface area (Å²) in [6, 6.07) is 3.96. The van der Waals surface area contributed by atoms with Crippen molar-refractivity contribution in [3.8, 4) is 0 Å². The fraction of sp³-hybridized carbons (Fsp3) is 0.500. The molecule has 0 aliphatic carbocycles. The highest BCUT2D eigenvalue weighted by atomic mass is 35.5. The van der Waals surface area contributed by atoms with Gasteiger partial charge in [-0.25, -0.2) is 9.18 Å². The molecule has 0 aliphatic rings. The van der Waals surface area contributed by atoms with Gasteiger partial charge in [-0.15, -0.1) is 0 Å². The third kappa shape index (κ3) is 6.10. The maximum Gasteiger partial charge on any atom is 0.407 e. The van der Waals surface area contributed by atoms with Gasteiger partial charge in [-0.3, -0.25) is 0 Å². The standard InChI is InChI=1S/C14H20ClFN2O2/c1-9(8-17-13(19)20-14(2,3)4)18-12-7-10(16)5-6-11(12)15/h5-7,9,18H,8H2,1-4H3,(H,17,19). The van der Waals surface area contributed by atoms with Crippen LogP contribution in [0.4, 0.5) is 14.9 Å². The zero-order chi connectivity index (χ0) is 15.3. The van der Waals surface area contributed by atoms with Gasteiger partial charge >= 0.3 is 6.09 Å². The highest BCUT2D eigenvalue weighted by Gasteiger charge is 2.16. The van der Waals surface area contributed by atoms with Crippen molar-refractivity contribution in [2.24, 2.45) is 0 Å². The second kappa shape index (κ2) is 6.79. The summed E-state index contributed by atoms with van der Waals surface area (Å²) in [4.78, 5) is 11.5. The summed E-state index contributed by atoms with van der Waals surface area (Å²) < 4.78 is 18.2. The summed E-state index contributed by atoms with van der Waals surface area (Å²) in [7, 11) is 0. The molecule has 0 fully saturated rings. The predicted octanol–water partition coefficient (Wildman–Crippen LogP) is 3.80. The maximum absolute atomic E-state index is 13.1. The van der Waals surface area contributed by atoms with Crippen LogP contribution in [0.25, 0.3) is 0 Å². The molecule has 0 saturated carbocycles. The summed E-state index contributed by atoms with van der Waals surface area (Å²) >= 11 is 5.95. The summed E-state index contributed by atoms with van der Waals surface area (Å²) in [5.74, 6) is -0.371. The van der Waals surface area contributed by atoms with Crippen LogP contribution in [0.5, 0.6) is 0 Å². The average Bonchev–Trinajstić information content (AvgIpc) is 2.29. The van der Waals surface area contributed by atoms with Gasteiger partial charge in [-0.2, -0.15) is 0 Å². The van der Waals surface area contributed by atoms with Gasteiger partial charge in [0.2, 0.25) is 0 Å². The summed E-state index contributed by atoms with van der Waals surface area (Å²) in [5.41, 5.74) is -0.0442. The Morgan fingerprint density at radius 3 is 2.70 bits per heavy atom. The quantitative estimate of drug-likeness (QED) is 0.889. The molecule has 20 heavy (non-hydrogen) atoms. The van der Waals surface area contributed by atoms with Crippen molar-refractivity contribution < 1.29 is 13.9 Å². The van der Waals surface area contributed by atoms with Crippen LogP contribution in [0.1, 0.15) is 27.7 Å². The minimum absolute atomic E-state index is 0.123. The normalized spacial score (nSPS) is 12.7. The van der Waals surface area contributed by atoms with Gasteiger partial charge in [0, 0.05) is 12.6 Å². The van der Waals surface area contributed by atoms with E-state index >= 15 is 0 Å². The molecule has 6 heteroatoms. The molecule has 2 N–H and O–H groups in total. The molecule has 1 amide bonds. The van der Waals surface area contributed by atoms with E-state index in [0.29, 0.717) is 17.3 Å². The number of ether oxygens (including phenoxy) is 1. The molecule has 1 aromatic carbocycles. The number of benzene rings is 1. The highest BCUT2D eigenvalue weighted by Crippen LogP contribution is 2.22. The lowest BCUT2D eigenvalue weighted by Crippen LogP contribution is -2.38. The van der Waals surface area contributed by atoms with E-state index in [9.17, 15) is 9.18 Å². The van der Waals surface area contributed by atoms with Crippen LogP contribution in [0.2, 0.25) is 5.02 Å². The molecule has 1 rings (SSSR count). The SMILES string of the molecule is CC(CNC(=O)OC(C)(C)C)Nc1cc(F)ccc1Cl. The molecule has 0 radical (unpaired) electrons. The van der Waals surface area contributed by atoms with Crippen LogP contribution >= 0.6 is 11.6 Å². The van der Waals surface area contributed by atoms with Crippen LogP contribution in [0.15, 0.2) is 18.2 Å². The molecule has 1 unspecified atom stereocenters. The highest BCUT2D eigenvalue weighted by molar-refractivity contribution is 6.33. The number of amides is 1. The van der Waals surface area contributed by atoms with Crippen molar-refractivity contribution in [3.63, 3.8) is 0 Å². The maximum atomic E-state index is 13.1. The number of nitrogens with one attached hydrogen (secondary N) is 2. The molecule has 1 atom stereocenters. The van der Waals surface area contributed by atoms with E-state index in [1.807, 2.05) is 6.92 Å². The van der Waals surface area contributed by atoms with Crippen LogP contribution in [-0.2, 0) is 4.74 Å². The number of halogens is 2. The number of carbonyl (C=O) groups is 1. The van der Waals surface area contributed by atoms with Gasteiger partial charge in [-0.05, 0) is 45.9 Å². The van der Waals surface area contributed by atoms with E-state index in [0.717, 1.165) is 0 Å². The largest absolute Gasteiger partial charge is 0.444 e. The Balaban J connectivity index is 2.46. The van der Waals surface area contributed by atoms with E-state index in [4.69, 9.17) is 16.3 Å². The van der Waals surface area contributed by atoms with Crippen LogP contribution in [-0.4, -0.2) is 24.3 Å².